The summed E-state index contributed by atoms with van der Waals surface area (Å²) in [5.41, 5.74) is 4.73. The molecule has 0 unspecified atom stereocenters. The van der Waals surface area contributed by atoms with Crippen LogP contribution in [0.5, 0.6) is 5.75 Å². The number of anilines is 1. The Morgan fingerprint density at radius 1 is 1.07 bits per heavy atom. The van der Waals surface area contributed by atoms with Crippen LogP contribution in [0.4, 0.5) is 5.69 Å². The zero-order chi connectivity index (χ0) is 21.0. The van der Waals surface area contributed by atoms with Gasteiger partial charge in [0.15, 0.2) is 11.5 Å². The van der Waals surface area contributed by atoms with Crippen LogP contribution in [0.3, 0.4) is 0 Å². The van der Waals surface area contributed by atoms with E-state index in [1.54, 1.807) is 6.92 Å². The smallest absolute Gasteiger partial charge is 0.349 e. The Bertz CT molecular complexity index is 1040. The molecular weight excluding hydrogens is 390 g/mol. The van der Waals surface area contributed by atoms with Gasteiger partial charge in [0.2, 0.25) is 0 Å². The van der Waals surface area contributed by atoms with Crippen molar-refractivity contribution in [2.45, 2.75) is 20.4 Å². The predicted molar refractivity (Wildman–Crippen MR) is 113 cm³/mol. The molecule has 0 aliphatic rings. The Morgan fingerprint density at radius 2 is 1.79 bits per heavy atom. The molecule has 3 rings (SSSR count). The molecule has 29 heavy (non-hydrogen) atoms. The Kier molecular flexibility index (Phi) is 6.19. The van der Waals surface area contributed by atoms with Crippen LogP contribution in [0.15, 0.2) is 48.5 Å². The normalized spacial score (nSPS) is 10.6. The number of aliphatic carboxylic acids is 1. The highest BCUT2D eigenvalue weighted by Gasteiger charge is 2.23. The van der Waals surface area contributed by atoms with Gasteiger partial charge in [-0.25, -0.2) is 9.59 Å². The van der Waals surface area contributed by atoms with Gasteiger partial charge in [0.05, 0.1) is 0 Å². The third-order valence-electron chi connectivity index (χ3n) is 4.37. The molecule has 7 heteroatoms. The van der Waals surface area contributed by atoms with Crippen molar-refractivity contribution in [3.63, 3.8) is 0 Å². The topological polar surface area (TPSA) is 95.9 Å². The molecule has 0 saturated heterocycles. The quantitative estimate of drug-likeness (QED) is 0.492. The molecule has 0 atom stereocenters. The molecule has 0 amide bonds. The maximum atomic E-state index is 11.6. The van der Waals surface area contributed by atoms with E-state index in [9.17, 15) is 14.7 Å². The molecule has 0 radical (unpaired) electrons. The maximum absolute atomic E-state index is 11.6. The molecule has 0 fully saturated rings. The van der Waals surface area contributed by atoms with Gasteiger partial charge in [-0.15, -0.1) is 11.3 Å². The second kappa shape index (κ2) is 8.79. The molecule has 2 aromatic carbocycles. The lowest BCUT2D eigenvalue weighted by Crippen LogP contribution is -2.11. The van der Waals surface area contributed by atoms with Crippen LogP contribution in [0.25, 0.3) is 10.4 Å². The molecule has 1 heterocycles. The molecule has 0 aliphatic heterocycles. The maximum Gasteiger partial charge on any atom is 0.349 e. The van der Waals surface area contributed by atoms with Gasteiger partial charge in [0.1, 0.15) is 5.75 Å². The number of carboxylic acids is 2. The molecule has 0 spiro atoms. The van der Waals surface area contributed by atoms with Crippen molar-refractivity contribution in [3.05, 3.63) is 70.1 Å². The second-order valence-electron chi connectivity index (χ2n) is 6.62. The van der Waals surface area contributed by atoms with Gasteiger partial charge >= 0.3 is 11.9 Å². The SMILES string of the molecule is Cc1ccc(CNc2cccc(-c3sc(C(=O)O)c(OCC(=O)O)c3C)c2)cc1. The van der Waals surface area contributed by atoms with Gasteiger partial charge in [-0.2, -0.15) is 0 Å². The van der Waals surface area contributed by atoms with Crippen molar-refractivity contribution < 1.29 is 24.5 Å². The minimum absolute atomic E-state index is 0.00299. The van der Waals surface area contributed by atoms with Crippen LogP contribution in [0.1, 0.15) is 26.4 Å². The van der Waals surface area contributed by atoms with E-state index < -0.39 is 18.5 Å². The lowest BCUT2D eigenvalue weighted by atomic mass is 10.1. The van der Waals surface area contributed by atoms with Gasteiger partial charge < -0.3 is 20.3 Å². The van der Waals surface area contributed by atoms with Gasteiger partial charge in [0, 0.05) is 22.7 Å². The lowest BCUT2D eigenvalue weighted by molar-refractivity contribution is -0.139. The van der Waals surface area contributed by atoms with Crippen molar-refractivity contribution in [2.75, 3.05) is 11.9 Å². The van der Waals surface area contributed by atoms with Crippen molar-refractivity contribution in [1.29, 1.82) is 0 Å². The first kappa shape index (κ1) is 20.4. The highest BCUT2D eigenvalue weighted by Crippen LogP contribution is 2.42. The molecule has 3 aromatic rings. The first-order valence-corrected chi connectivity index (χ1v) is 9.78. The molecule has 3 N–H and O–H groups in total. The summed E-state index contributed by atoms with van der Waals surface area (Å²) in [6, 6.07) is 15.9. The van der Waals surface area contributed by atoms with E-state index in [0.717, 1.165) is 33.0 Å². The number of aromatic carboxylic acids is 1. The van der Waals surface area contributed by atoms with E-state index in [4.69, 9.17) is 9.84 Å². The first-order chi connectivity index (χ1) is 13.8. The molecule has 1 aromatic heterocycles. The molecule has 0 bridgehead atoms. The standard InChI is InChI=1S/C22H21NO5S/c1-13-6-8-15(9-7-13)11-23-17-5-3-4-16(10-17)20-14(2)19(28-12-18(24)25)21(29-20)22(26)27/h3-10,23H,11-12H2,1-2H3,(H,24,25)(H,26,27). The third kappa shape index (κ3) is 4.94. The highest BCUT2D eigenvalue weighted by molar-refractivity contribution is 7.18. The van der Waals surface area contributed by atoms with Crippen molar-refractivity contribution in [3.8, 4) is 16.2 Å². The van der Waals surface area contributed by atoms with E-state index >= 15 is 0 Å². The first-order valence-electron chi connectivity index (χ1n) is 8.96. The van der Waals surface area contributed by atoms with Crippen LogP contribution in [0, 0.1) is 13.8 Å². The largest absolute Gasteiger partial charge is 0.480 e. The molecule has 6 nitrogen and oxygen atoms in total. The predicted octanol–water partition coefficient (Wildman–Crippen LogP) is 4.81. The van der Waals surface area contributed by atoms with Crippen LogP contribution < -0.4 is 10.1 Å². The minimum Gasteiger partial charge on any atom is -0.480 e. The fourth-order valence-electron chi connectivity index (χ4n) is 2.90. The lowest BCUT2D eigenvalue weighted by Gasteiger charge is -2.09. The number of hydrogen-bond donors (Lipinski definition) is 3. The number of nitrogens with one attached hydrogen (secondary N) is 1. The average Bonchev–Trinajstić information content (AvgIpc) is 3.03. The van der Waals surface area contributed by atoms with Gasteiger partial charge in [-0.05, 0) is 37.1 Å². The molecule has 150 valence electrons. The van der Waals surface area contributed by atoms with Gasteiger partial charge in [0.25, 0.3) is 0 Å². The fourth-order valence-corrected chi connectivity index (χ4v) is 3.99. The van der Waals surface area contributed by atoms with E-state index in [2.05, 4.69) is 29.6 Å². The van der Waals surface area contributed by atoms with Crippen LogP contribution >= 0.6 is 11.3 Å². The highest BCUT2D eigenvalue weighted by atomic mass is 32.1. The average molecular weight is 411 g/mol. The third-order valence-corrected chi connectivity index (χ3v) is 5.68. The molecule has 0 aliphatic carbocycles. The summed E-state index contributed by atoms with van der Waals surface area (Å²) in [7, 11) is 0. The van der Waals surface area contributed by atoms with E-state index in [1.807, 2.05) is 31.2 Å². The van der Waals surface area contributed by atoms with Crippen molar-refractivity contribution >= 4 is 29.0 Å². The van der Waals surface area contributed by atoms with Crippen molar-refractivity contribution in [2.24, 2.45) is 0 Å². The van der Waals surface area contributed by atoms with Gasteiger partial charge in [-0.1, -0.05) is 42.0 Å². The number of benzene rings is 2. The number of hydrogen-bond acceptors (Lipinski definition) is 5. The second-order valence-corrected chi connectivity index (χ2v) is 7.64. The zero-order valence-electron chi connectivity index (χ0n) is 16.1. The van der Waals surface area contributed by atoms with E-state index in [0.29, 0.717) is 12.1 Å². The van der Waals surface area contributed by atoms with Crippen LogP contribution in [-0.2, 0) is 11.3 Å². The zero-order valence-corrected chi connectivity index (χ0v) is 16.9. The number of aryl methyl sites for hydroxylation is 1. The van der Waals surface area contributed by atoms with E-state index in [1.165, 1.54) is 5.56 Å². The summed E-state index contributed by atoms with van der Waals surface area (Å²) in [6.45, 7) is 3.86. The monoisotopic (exact) mass is 411 g/mol. The van der Waals surface area contributed by atoms with Gasteiger partial charge in [-0.3, -0.25) is 0 Å². The molecule has 0 saturated carbocycles. The summed E-state index contributed by atoms with van der Waals surface area (Å²) in [4.78, 5) is 23.1. The fraction of sp³-hybridized carbons (Fsp3) is 0.182. The van der Waals surface area contributed by atoms with E-state index in [-0.39, 0.29) is 10.6 Å². The van der Waals surface area contributed by atoms with Crippen LogP contribution in [0.2, 0.25) is 0 Å². The Morgan fingerprint density at radius 3 is 2.45 bits per heavy atom. The van der Waals surface area contributed by atoms with Crippen molar-refractivity contribution in [1.82, 2.24) is 0 Å². The Labute approximate surface area is 172 Å². The summed E-state index contributed by atoms with van der Waals surface area (Å²) in [5.74, 6) is -2.19. The van der Waals surface area contributed by atoms with Crippen LogP contribution in [-0.4, -0.2) is 28.8 Å². The molecular formula is C22H21NO5S. The Hall–Kier alpha value is -3.32. The number of rotatable bonds is 8. The number of carbonyl (C=O) groups is 2. The minimum atomic E-state index is -1.16. The summed E-state index contributed by atoms with van der Waals surface area (Å²) in [6.07, 6.45) is 0. The number of ether oxygens (including phenoxy) is 1. The summed E-state index contributed by atoms with van der Waals surface area (Å²) in [5, 5.41) is 21.7. The Balaban J connectivity index is 1.85. The number of carboxylic acid groups (broad SMARTS) is 2. The number of thiophene rings is 1. The summed E-state index contributed by atoms with van der Waals surface area (Å²) < 4.78 is 5.25. The summed E-state index contributed by atoms with van der Waals surface area (Å²) >= 11 is 1.08.